The van der Waals surface area contributed by atoms with Crippen molar-refractivity contribution in [3.05, 3.63) is 58.1 Å². The van der Waals surface area contributed by atoms with Gasteiger partial charge in [0.25, 0.3) is 5.91 Å². The van der Waals surface area contributed by atoms with Crippen LogP contribution in [0.3, 0.4) is 0 Å². The number of amides is 1. The Labute approximate surface area is 267 Å². The lowest BCUT2D eigenvalue weighted by molar-refractivity contribution is 0.000349. The summed E-state index contributed by atoms with van der Waals surface area (Å²) in [5.41, 5.74) is 3.46. The molecule has 2 heterocycles. The molecule has 9 heteroatoms. The maximum Gasteiger partial charge on any atom is 0.264 e. The van der Waals surface area contributed by atoms with Gasteiger partial charge >= 0.3 is 0 Å². The smallest absolute Gasteiger partial charge is 0.264 e. The molecule has 1 fully saturated rings. The molecule has 44 heavy (non-hydrogen) atoms. The number of anilines is 1. The maximum atomic E-state index is 13.4. The van der Waals surface area contributed by atoms with Crippen molar-refractivity contribution in [2.24, 2.45) is 23.7 Å². The Morgan fingerprint density at radius 2 is 1.93 bits per heavy atom. The zero-order valence-electron chi connectivity index (χ0n) is 26.2. The SMILES string of the molecule is CCC(O)C1CCC[C@H](C)[C@@H](C)S(=O)(=O)NC(=O)c2ccc3c(c2)N(C[C@@H]2CCC12)C[C@@]1(CCCc2cc(Cl)ccc21)CO3. The van der Waals surface area contributed by atoms with Gasteiger partial charge in [-0.1, -0.05) is 37.9 Å². The van der Waals surface area contributed by atoms with Crippen LogP contribution in [0, 0.1) is 23.7 Å². The van der Waals surface area contributed by atoms with Crippen molar-refractivity contribution in [2.75, 3.05) is 24.6 Å². The Balaban J connectivity index is 1.42. The fourth-order valence-electron chi connectivity index (χ4n) is 8.42. The van der Waals surface area contributed by atoms with Gasteiger partial charge in [0.1, 0.15) is 5.75 Å². The molecule has 0 saturated heterocycles. The molecule has 7 atom stereocenters. The third-order valence-corrected chi connectivity index (χ3v) is 13.6. The zero-order valence-corrected chi connectivity index (χ0v) is 27.8. The number of halogens is 1. The van der Waals surface area contributed by atoms with Crippen LogP contribution in [0.25, 0.3) is 0 Å². The number of carbonyl (C=O) groups is 1. The minimum atomic E-state index is -3.88. The van der Waals surface area contributed by atoms with Crippen molar-refractivity contribution in [2.45, 2.75) is 95.3 Å². The molecule has 2 aromatic rings. The number of ether oxygens (including phenoxy) is 1. The van der Waals surface area contributed by atoms with E-state index in [1.54, 1.807) is 13.0 Å². The topological polar surface area (TPSA) is 95.9 Å². The first-order chi connectivity index (χ1) is 21.0. The fourth-order valence-corrected chi connectivity index (χ4v) is 9.92. The molecular formula is C35H47ClN2O5S. The summed E-state index contributed by atoms with van der Waals surface area (Å²) in [5.74, 6) is 0.993. The van der Waals surface area contributed by atoms with Crippen LogP contribution in [0.5, 0.6) is 5.75 Å². The van der Waals surface area contributed by atoms with Gasteiger partial charge in [-0.25, -0.2) is 13.1 Å². The predicted molar refractivity (Wildman–Crippen MR) is 175 cm³/mol. The van der Waals surface area contributed by atoms with Crippen LogP contribution in [0.2, 0.25) is 5.02 Å². The summed E-state index contributed by atoms with van der Waals surface area (Å²) in [4.78, 5) is 15.8. The molecule has 2 aliphatic heterocycles. The number of aliphatic hydroxyl groups is 1. The van der Waals surface area contributed by atoms with Crippen molar-refractivity contribution in [1.82, 2.24) is 4.72 Å². The van der Waals surface area contributed by atoms with E-state index < -0.39 is 21.2 Å². The highest BCUT2D eigenvalue weighted by molar-refractivity contribution is 7.90. The summed E-state index contributed by atoms with van der Waals surface area (Å²) in [6.07, 6.45) is 8.02. The quantitative estimate of drug-likeness (QED) is 0.389. The summed E-state index contributed by atoms with van der Waals surface area (Å²) in [6.45, 7) is 7.74. The Hall–Kier alpha value is -2.29. The van der Waals surface area contributed by atoms with E-state index in [2.05, 4.69) is 28.7 Å². The van der Waals surface area contributed by atoms with Crippen LogP contribution in [-0.4, -0.2) is 50.5 Å². The van der Waals surface area contributed by atoms with Crippen molar-refractivity contribution in [3.63, 3.8) is 0 Å². The van der Waals surface area contributed by atoms with Gasteiger partial charge in [0.15, 0.2) is 0 Å². The first kappa shape index (κ1) is 31.7. The van der Waals surface area contributed by atoms with Crippen LogP contribution >= 0.6 is 11.6 Å². The summed E-state index contributed by atoms with van der Waals surface area (Å²) in [7, 11) is -3.88. The number of aliphatic hydroxyl groups excluding tert-OH is 1. The van der Waals surface area contributed by atoms with Crippen LogP contribution < -0.4 is 14.4 Å². The number of aryl methyl sites for hydroxylation is 1. The van der Waals surface area contributed by atoms with Crippen molar-refractivity contribution in [3.8, 4) is 5.75 Å². The largest absolute Gasteiger partial charge is 0.490 e. The number of rotatable bonds is 2. The maximum absolute atomic E-state index is 13.4. The number of benzene rings is 2. The van der Waals surface area contributed by atoms with E-state index in [9.17, 15) is 18.3 Å². The molecule has 2 N–H and O–H groups in total. The number of carbonyl (C=O) groups excluding carboxylic acids is 1. The minimum absolute atomic E-state index is 0.120. The standard InChI is InChI=1S/C35H47ClN2O5S/c1-4-32(39)29-9-5-7-22(2)23(3)44(41,42)37-34(40)25-11-15-33-31(18-25)38(19-26-10-13-28(26)29)20-35(21-43-33)16-6-8-24-17-27(36)12-14-30(24)35/h11-12,14-15,17-18,22-23,26,28-29,32,39H,4-10,13,16,19-21H2,1-3H3,(H,37,40)/t22-,23+,26-,28?,29?,32?,35-/m0/s1. The number of nitrogens with one attached hydrogen (secondary N) is 1. The molecule has 2 aromatic carbocycles. The first-order valence-electron chi connectivity index (χ1n) is 16.6. The summed E-state index contributed by atoms with van der Waals surface area (Å²) in [5, 5.41) is 11.2. The highest BCUT2D eigenvalue weighted by atomic mass is 35.5. The zero-order chi connectivity index (χ0) is 31.2. The molecular weight excluding hydrogens is 596 g/mol. The average molecular weight is 643 g/mol. The third-order valence-electron chi connectivity index (χ3n) is 11.4. The Bertz CT molecular complexity index is 1500. The Morgan fingerprint density at radius 1 is 1.11 bits per heavy atom. The van der Waals surface area contributed by atoms with E-state index in [4.69, 9.17) is 16.3 Å². The molecule has 0 radical (unpaired) electrons. The van der Waals surface area contributed by atoms with Gasteiger partial charge in [0, 0.05) is 29.1 Å². The highest BCUT2D eigenvalue weighted by Gasteiger charge is 2.45. The van der Waals surface area contributed by atoms with Crippen molar-refractivity contribution < 1.29 is 23.1 Å². The van der Waals surface area contributed by atoms with E-state index in [1.165, 1.54) is 11.1 Å². The lowest BCUT2D eigenvalue weighted by atomic mass is 9.63. The Kier molecular flexibility index (Phi) is 8.99. The molecule has 7 nitrogen and oxygen atoms in total. The number of hydrogen-bond donors (Lipinski definition) is 2. The van der Waals surface area contributed by atoms with Gasteiger partial charge in [-0.2, -0.15) is 0 Å². The van der Waals surface area contributed by atoms with E-state index in [1.807, 2.05) is 25.1 Å². The van der Waals surface area contributed by atoms with Crippen LogP contribution in [-0.2, 0) is 21.9 Å². The van der Waals surface area contributed by atoms with E-state index >= 15 is 0 Å². The monoisotopic (exact) mass is 642 g/mol. The highest BCUT2D eigenvalue weighted by Crippen LogP contribution is 2.48. The minimum Gasteiger partial charge on any atom is -0.490 e. The molecule has 6 rings (SSSR count). The normalized spacial score (nSPS) is 32.7. The van der Waals surface area contributed by atoms with E-state index in [-0.39, 0.29) is 23.4 Å². The molecule has 1 saturated carbocycles. The lowest BCUT2D eigenvalue weighted by Gasteiger charge is -2.47. The molecule has 2 bridgehead atoms. The van der Waals surface area contributed by atoms with Gasteiger partial charge in [-0.05, 0) is 123 Å². The molecule has 1 amide bonds. The van der Waals surface area contributed by atoms with Crippen LogP contribution in [0.15, 0.2) is 36.4 Å². The van der Waals surface area contributed by atoms with Gasteiger partial charge in [0.2, 0.25) is 10.0 Å². The number of fused-ring (bicyclic) bond motifs is 4. The summed E-state index contributed by atoms with van der Waals surface area (Å²) in [6, 6.07) is 11.5. The van der Waals surface area contributed by atoms with Crippen molar-refractivity contribution in [1.29, 1.82) is 0 Å². The second-order valence-corrected chi connectivity index (χ2v) is 16.5. The van der Waals surface area contributed by atoms with E-state index in [0.717, 1.165) is 75.2 Å². The first-order valence-corrected chi connectivity index (χ1v) is 18.5. The van der Waals surface area contributed by atoms with Crippen molar-refractivity contribution >= 4 is 33.2 Å². The second-order valence-electron chi connectivity index (χ2n) is 14.0. The second kappa shape index (κ2) is 12.5. The molecule has 240 valence electrons. The fraction of sp³-hybridized carbons (Fsp3) is 0.629. The summed E-state index contributed by atoms with van der Waals surface area (Å²) >= 11 is 6.42. The molecule has 0 aromatic heterocycles. The predicted octanol–water partition coefficient (Wildman–Crippen LogP) is 6.49. The van der Waals surface area contributed by atoms with Crippen LogP contribution in [0.4, 0.5) is 5.69 Å². The molecule has 1 spiro atoms. The summed E-state index contributed by atoms with van der Waals surface area (Å²) < 4.78 is 35.6. The lowest BCUT2D eigenvalue weighted by Crippen LogP contribution is -2.50. The van der Waals surface area contributed by atoms with Gasteiger partial charge in [-0.3, -0.25) is 4.79 Å². The molecule has 2 aliphatic carbocycles. The number of nitrogens with zero attached hydrogens (tertiary/aromatic N) is 1. The molecule has 3 unspecified atom stereocenters. The van der Waals surface area contributed by atoms with Gasteiger partial charge in [0.05, 0.1) is 23.6 Å². The van der Waals surface area contributed by atoms with Crippen LogP contribution in [0.1, 0.15) is 93.6 Å². The molecule has 4 aliphatic rings. The third kappa shape index (κ3) is 5.99. The van der Waals surface area contributed by atoms with Gasteiger partial charge < -0.3 is 14.7 Å². The number of hydrogen-bond acceptors (Lipinski definition) is 6. The Morgan fingerprint density at radius 3 is 2.68 bits per heavy atom. The number of sulfonamides is 1. The average Bonchev–Trinajstić information content (AvgIpc) is 3.13. The van der Waals surface area contributed by atoms with E-state index in [0.29, 0.717) is 36.2 Å². The van der Waals surface area contributed by atoms with Gasteiger partial charge in [-0.15, -0.1) is 0 Å².